The molecule has 5 rings (SSSR count). The molecule has 0 bridgehead atoms. The summed E-state index contributed by atoms with van der Waals surface area (Å²) >= 11 is 11.8. The minimum absolute atomic E-state index is 0.0116. The molecule has 2 aromatic rings. The number of nitrogens with zero attached hydrogens (tertiary/aromatic N) is 4. The van der Waals surface area contributed by atoms with Gasteiger partial charge in [0.15, 0.2) is 5.13 Å². The second-order valence-electron chi connectivity index (χ2n) is 8.65. The van der Waals surface area contributed by atoms with Crippen LogP contribution in [-0.4, -0.2) is 63.8 Å². The van der Waals surface area contributed by atoms with Crippen LogP contribution in [0.25, 0.3) is 0 Å². The molecule has 3 aliphatic heterocycles. The van der Waals surface area contributed by atoms with E-state index in [1.165, 1.54) is 16.8 Å². The van der Waals surface area contributed by atoms with Crippen LogP contribution in [0.1, 0.15) is 40.2 Å². The quantitative estimate of drug-likeness (QED) is 0.112. The predicted molar refractivity (Wildman–Crippen MR) is 146 cm³/mol. The van der Waals surface area contributed by atoms with E-state index in [4.69, 9.17) is 22.1 Å². The summed E-state index contributed by atoms with van der Waals surface area (Å²) in [5.41, 5.74) is 6.82. The average molecular weight is 632 g/mol. The number of hydrogen-bond donors (Lipinski definition) is 4. The van der Waals surface area contributed by atoms with Crippen molar-refractivity contribution < 1.29 is 14.3 Å². The maximum absolute atomic E-state index is 13.4. The van der Waals surface area contributed by atoms with E-state index >= 15 is 0 Å². The molecule has 12 nitrogen and oxygen atoms in total. The molecule has 3 atom stereocenters. The molecule has 37 heavy (non-hydrogen) atoms. The molecule has 0 spiro atoms. The maximum atomic E-state index is 13.4. The molecular weight excluding hydrogens is 608 g/mol. The minimum atomic E-state index is -0.698. The number of aromatic nitrogens is 3. The van der Waals surface area contributed by atoms with E-state index < -0.39 is 17.0 Å². The summed E-state index contributed by atoms with van der Waals surface area (Å²) in [5.74, 6) is -0.726. The smallest absolute Gasteiger partial charge is 0.347 e. The van der Waals surface area contributed by atoms with E-state index in [0.717, 1.165) is 42.8 Å². The number of carbonyl (C=O) groups is 2. The number of thiazole rings is 1. The first-order valence-electron chi connectivity index (χ1n) is 11.7. The second-order valence-corrected chi connectivity index (χ2v) is 11.7. The zero-order chi connectivity index (χ0) is 26.1. The van der Waals surface area contributed by atoms with Crippen molar-refractivity contribution in [1.29, 1.82) is 0 Å². The number of aromatic amines is 1. The lowest BCUT2D eigenvalue weighted by Gasteiger charge is -2.17. The highest BCUT2D eigenvalue weighted by Crippen LogP contribution is 2.35. The number of amidine groups is 1. The lowest BCUT2D eigenvalue weighted by molar-refractivity contribution is -0.120. The molecule has 198 valence electrons. The molecule has 0 radical (unpaired) electrons. The Balaban J connectivity index is 1.31. The van der Waals surface area contributed by atoms with Gasteiger partial charge in [-0.1, -0.05) is 11.3 Å². The molecule has 0 aromatic carbocycles. The fraction of sp³-hybridized carbons (Fsp3) is 0.524. The Hall–Kier alpha value is -2.20. The van der Waals surface area contributed by atoms with Crippen molar-refractivity contribution in [1.82, 2.24) is 19.7 Å². The average Bonchev–Trinajstić information content (AvgIpc) is 3.65. The number of nitrogens with one attached hydrogen (secondary N) is 3. The summed E-state index contributed by atoms with van der Waals surface area (Å²) in [6, 6.07) is 0. The summed E-state index contributed by atoms with van der Waals surface area (Å²) in [7, 11) is 0. The van der Waals surface area contributed by atoms with Crippen molar-refractivity contribution in [2.75, 3.05) is 29.9 Å². The summed E-state index contributed by atoms with van der Waals surface area (Å²) in [6.45, 7) is 1.63. The van der Waals surface area contributed by atoms with E-state index in [2.05, 4.69) is 45.9 Å². The highest BCUT2D eigenvalue weighted by atomic mass is 79.9. The van der Waals surface area contributed by atoms with Crippen molar-refractivity contribution >= 4 is 79.4 Å². The molecule has 2 aromatic heterocycles. The first-order chi connectivity index (χ1) is 17.9. The summed E-state index contributed by atoms with van der Waals surface area (Å²) < 4.78 is 8.86. The third-order valence-corrected chi connectivity index (χ3v) is 9.20. The van der Waals surface area contributed by atoms with Gasteiger partial charge in [-0.15, -0.1) is 11.6 Å². The molecule has 5 N–H and O–H groups in total. The van der Waals surface area contributed by atoms with Gasteiger partial charge < -0.3 is 15.8 Å². The highest BCUT2D eigenvalue weighted by molar-refractivity contribution is 9.10. The number of alkyl halides is 1. The van der Waals surface area contributed by atoms with Crippen molar-refractivity contribution in [2.45, 2.75) is 43.0 Å². The molecule has 0 aliphatic carbocycles. The Kier molecular flexibility index (Phi) is 8.04. The van der Waals surface area contributed by atoms with Gasteiger partial charge in [-0.25, -0.2) is 9.78 Å². The number of H-pyrrole nitrogens is 1. The van der Waals surface area contributed by atoms with E-state index in [1.54, 1.807) is 0 Å². The summed E-state index contributed by atoms with van der Waals surface area (Å²) in [5, 5.41) is 3.15. The number of rotatable bonds is 8. The molecular formula is C21H24BrClN8O4S2. The summed E-state index contributed by atoms with van der Waals surface area (Å²) in [4.78, 5) is 55.1. The maximum Gasteiger partial charge on any atom is 0.347 e. The van der Waals surface area contributed by atoms with Crippen LogP contribution < -0.4 is 26.4 Å². The van der Waals surface area contributed by atoms with Crippen LogP contribution in [0.2, 0.25) is 0 Å². The van der Waals surface area contributed by atoms with E-state index in [9.17, 15) is 14.4 Å². The van der Waals surface area contributed by atoms with Gasteiger partial charge in [-0.2, -0.15) is 4.98 Å². The number of anilines is 2. The van der Waals surface area contributed by atoms with Crippen LogP contribution in [0.15, 0.2) is 14.4 Å². The van der Waals surface area contributed by atoms with Crippen LogP contribution in [0.3, 0.4) is 0 Å². The minimum Gasteiger partial charge on any atom is -0.387 e. The zero-order valence-electron chi connectivity index (χ0n) is 19.5. The molecule has 2 saturated heterocycles. The number of carbonyl (C=O) groups excluding carboxylic acids is 2. The lowest BCUT2D eigenvalue weighted by atomic mass is 10.1. The first-order valence-corrected chi connectivity index (χ1v) is 14.7. The lowest BCUT2D eigenvalue weighted by Crippen LogP contribution is -2.38. The number of nitrogens with two attached hydrogens (primary N) is 1. The van der Waals surface area contributed by atoms with Gasteiger partial charge in [0.2, 0.25) is 5.91 Å². The van der Waals surface area contributed by atoms with E-state index in [1.807, 2.05) is 0 Å². The van der Waals surface area contributed by atoms with Crippen LogP contribution in [0, 0.1) is 5.92 Å². The van der Waals surface area contributed by atoms with E-state index in [-0.39, 0.29) is 29.6 Å². The third-order valence-electron chi connectivity index (χ3n) is 6.29. The van der Waals surface area contributed by atoms with Crippen molar-refractivity contribution in [3.05, 3.63) is 31.2 Å². The van der Waals surface area contributed by atoms with E-state index in [0.29, 0.717) is 45.6 Å². The van der Waals surface area contributed by atoms with Gasteiger partial charge in [0, 0.05) is 25.3 Å². The van der Waals surface area contributed by atoms with Crippen LogP contribution >= 0.6 is 50.8 Å². The van der Waals surface area contributed by atoms with Crippen LogP contribution in [0.5, 0.6) is 0 Å². The Bertz CT molecular complexity index is 1300. The monoisotopic (exact) mass is 630 g/mol. The van der Waals surface area contributed by atoms with Gasteiger partial charge in [0.05, 0.1) is 22.3 Å². The van der Waals surface area contributed by atoms with Crippen molar-refractivity contribution in [3.63, 3.8) is 0 Å². The highest BCUT2D eigenvalue weighted by Gasteiger charge is 2.40. The Labute approximate surface area is 233 Å². The SMILES string of the molecule is NC(=NCCC1CCCO1)C1C(=O)NSC1Nc1nc(CCl)c(C(=O)N2CCc3c2nc(=O)[nH]c3Br)s1. The fourth-order valence-electron chi connectivity index (χ4n) is 4.45. The molecule has 0 saturated carbocycles. The second kappa shape index (κ2) is 11.3. The standard InChI is InChI=1S/C21H24BrClN8O4S2/c22-14-10-4-6-31(16(10)28-20(34)27-14)19(33)13-11(8-23)26-21(36-13)29-18-12(17(32)30-37-18)15(24)25-5-3-9-2-1-7-35-9/h9,12,18H,1-8H2,(H2,24,25)(H,26,29)(H,30,32)(H,27,28,34). The van der Waals surface area contributed by atoms with Crippen LogP contribution in [0.4, 0.5) is 10.9 Å². The Morgan fingerprint density at radius 3 is 2.97 bits per heavy atom. The molecule has 5 heterocycles. The largest absolute Gasteiger partial charge is 0.387 e. The number of ether oxygens (including phenoxy) is 1. The molecule has 2 fully saturated rings. The zero-order valence-corrected chi connectivity index (χ0v) is 23.4. The first kappa shape index (κ1) is 26.4. The number of amides is 2. The van der Waals surface area contributed by atoms with Gasteiger partial charge in [-0.05, 0) is 53.6 Å². The van der Waals surface area contributed by atoms with Gasteiger partial charge in [0.25, 0.3) is 5.91 Å². The molecule has 2 amide bonds. The van der Waals surface area contributed by atoms with Gasteiger partial charge >= 0.3 is 5.69 Å². The normalized spacial score (nSPS) is 23.4. The summed E-state index contributed by atoms with van der Waals surface area (Å²) in [6.07, 6.45) is 3.56. The number of fused-ring (bicyclic) bond motifs is 1. The molecule has 3 unspecified atom stereocenters. The van der Waals surface area contributed by atoms with Gasteiger partial charge in [-0.3, -0.25) is 29.2 Å². The number of aliphatic imine (C=N–C) groups is 1. The van der Waals surface area contributed by atoms with Gasteiger partial charge in [0.1, 0.15) is 27.8 Å². The fourth-order valence-corrected chi connectivity index (χ4v) is 7.25. The number of hydrogen-bond acceptors (Lipinski definition) is 10. The predicted octanol–water partition coefficient (Wildman–Crippen LogP) is 1.99. The van der Waals surface area contributed by atoms with Crippen LogP contribution in [-0.2, 0) is 21.8 Å². The molecule has 3 aliphatic rings. The van der Waals surface area contributed by atoms with Crippen molar-refractivity contribution in [3.8, 4) is 0 Å². The third kappa shape index (κ3) is 5.50. The Morgan fingerprint density at radius 1 is 1.38 bits per heavy atom. The topological polar surface area (TPSA) is 168 Å². The molecule has 16 heteroatoms. The van der Waals surface area contributed by atoms with Crippen molar-refractivity contribution in [2.24, 2.45) is 16.6 Å². The number of halogens is 2. The Morgan fingerprint density at radius 2 is 2.22 bits per heavy atom.